The third-order valence-electron chi connectivity index (χ3n) is 4.11. The standard InChI is InChI=1S/C12H17NS/c1-8-6-9(7-14-8)12(13)10-4-2-3-5-11(10)12/h6-7,10-11H,2-5,13H2,1H3. The molecule has 76 valence electrons. The Hall–Kier alpha value is -0.340. The average molecular weight is 207 g/mol. The second-order valence-electron chi connectivity index (χ2n) is 4.88. The van der Waals surface area contributed by atoms with E-state index in [2.05, 4.69) is 18.4 Å². The lowest BCUT2D eigenvalue weighted by molar-refractivity contribution is 0.480. The highest BCUT2D eigenvalue weighted by Crippen LogP contribution is 2.63. The van der Waals surface area contributed by atoms with Crippen molar-refractivity contribution in [2.75, 3.05) is 0 Å². The van der Waals surface area contributed by atoms with Crippen molar-refractivity contribution in [2.24, 2.45) is 17.6 Å². The van der Waals surface area contributed by atoms with Gasteiger partial charge in [-0.05, 0) is 48.6 Å². The van der Waals surface area contributed by atoms with Crippen LogP contribution in [-0.4, -0.2) is 0 Å². The quantitative estimate of drug-likeness (QED) is 0.752. The van der Waals surface area contributed by atoms with E-state index in [0.29, 0.717) is 0 Å². The first-order valence-electron chi connectivity index (χ1n) is 5.57. The van der Waals surface area contributed by atoms with Crippen molar-refractivity contribution < 1.29 is 0 Å². The van der Waals surface area contributed by atoms with E-state index in [-0.39, 0.29) is 5.54 Å². The maximum Gasteiger partial charge on any atom is 0.0482 e. The lowest BCUT2D eigenvalue weighted by Crippen LogP contribution is -2.23. The maximum absolute atomic E-state index is 6.54. The van der Waals surface area contributed by atoms with Gasteiger partial charge < -0.3 is 5.73 Å². The largest absolute Gasteiger partial charge is 0.321 e. The van der Waals surface area contributed by atoms with Crippen LogP contribution in [0.1, 0.15) is 36.1 Å². The smallest absolute Gasteiger partial charge is 0.0482 e. The van der Waals surface area contributed by atoms with E-state index >= 15 is 0 Å². The molecule has 2 N–H and O–H groups in total. The Balaban J connectivity index is 1.92. The van der Waals surface area contributed by atoms with Crippen LogP contribution in [0.4, 0.5) is 0 Å². The second-order valence-corrected chi connectivity index (χ2v) is 5.99. The van der Waals surface area contributed by atoms with Gasteiger partial charge in [-0.2, -0.15) is 0 Å². The Kier molecular flexibility index (Phi) is 1.80. The minimum absolute atomic E-state index is 0.0707. The normalized spacial score (nSPS) is 40.7. The van der Waals surface area contributed by atoms with Gasteiger partial charge >= 0.3 is 0 Å². The zero-order valence-corrected chi connectivity index (χ0v) is 9.44. The van der Waals surface area contributed by atoms with Gasteiger partial charge in [-0.3, -0.25) is 0 Å². The summed E-state index contributed by atoms with van der Waals surface area (Å²) in [6, 6.07) is 2.29. The van der Waals surface area contributed by atoms with Crippen LogP contribution in [0.15, 0.2) is 11.4 Å². The maximum atomic E-state index is 6.54. The number of nitrogens with two attached hydrogens (primary N) is 1. The van der Waals surface area contributed by atoms with Crippen LogP contribution in [0.3, 0.4) is 0 Å². The summed E-state index contributed by atoms with van der Waals surface area (Å²) in [6.45, 7) is 2.17. The molecule has 0 saturated heterocycles. The highest BCUT2D eigenvalue weighted by atomic mass is 32.1. The van der Waals surface area contributed by atoms with E-state index in [1.165, 1.54) is 36.1 Å². The molecule has 1 heterocycles. The minimum atomic E-state index is 0.0707. The molecule has 3 rings (SSSR count). The highest BCUT2D eigenvalue weighted by molar-refractivity contribution is 7.10. The van der Waals surface area contributed by atoms with Crippen molar-refractivity contribution >= 4 is 11.3 Å². The van der Waals surface area contributed by atoms with Crippen molar-refractivity contribution in [1.29, 1.82) is 0 Å². The van der Waals surface area contributed by atoms with Gasteiger partial charge in [0.1, 0.15) is 0 Å². The van der Waals surface area contributed by atoms with Crippen LogP contribution < -0.4 is 5.73 Å². The summed E-state index contributed by atoms with van der Waals surface area (Å²) in [5.74, 6) is 1.59. The molecule has 2 saturated carbocycles. The summed E-state index contributed by atoms with van der Waals surface area (Å²) in [6.07, 6.45) is 5.50. The predicted octanol–water partition coefficient (Wildman–Crippen LogP) is 3.03. The summed E-state index contributed by atoms with van der Waals surface area (Å²) in [4.78, 5) is 1.40. The van der Waals surface area contributed by atoms with Crippen LogP contribution >= 0.6 is 11.3 Å². The van der Waals surface area contributed by atoms with E-state index in [1.807, 2.05) is 11.3 Å². The van der Waals surface area contributed by atoms with Crippen molar-refractivity contribution in [1.82, 2.24) is 0 Å². The zero-order valence-electron chi connectivity index (χ0n) is 8.62. The van der Waals surface area contributed by atoms with E-state index < -0.39 is 0 Å². The zero-order chi connectivity index (χ0) is 9.76. The lowest BCUT2D eigenvalue weighted by Gasteiger charge is -2.08. The molecule has 14 heavy (non-hydrogen) atoms. The molecular formula is C12H17NS. The molecule has 2 fully saturated rings. The Labute approximate surface area is 89.3 Å². The van der Waals surface area contributed by atoms with Crippen LogP contribution in [0.5, 0.6) is 0 Å². The third-order valence-corrected chi connectivity index (χ3v) is 4.98. The molecular weight excluding hydrogens is 190 g/mol. The van der Waals surface area contributed by atoms with E-state index in [0.717, 1.165) is 11.8 Å². The first kappa shape index (κ1) is 8.93. The summed E-state index contributed by atoms with van der Waals surface area (Å²) >= 11 is 1.84. The van der Waals surface area contributed by atoms with Gasteiger partial charge in [0, 0.05) is 10.4 Å². The molecule has 2 aliphatic carbocycles. The summed E-state index contributed by atoms with van der Waals surface area (Å²) in [5, 5.41) is 2.27. The Bertz CT molecular complexity index is 343. The monoisotopic (exact) mass is 207 g/mol. The van der Waals surface area contributed by atoms with Gasteiger partial charge in [-0.1, -0.05) is 12.8 Å². The number of fused-ring (bicyclic) bond motifs is 1. The molecule has 0 bridgehead atoms. The van der Waals surface area contributed by atoms with Crippen LogP contribution in [-0.2, 0) is 5.54 Å². The second kappa shape index (κ2) is 2.83. The number of aryl methyl sites for hydroxylation is 1. The van der Waals surface area contributed by atoms with Crippen LogP contribution in [0, 0.1) is 18.8 Å². The van der Waals surface area contributed by atoms with Crippen LogP contribution in [0.2, 0.25) is 0 Å². The van der Waals surface area contributed by atoms with Gasteiger partial charge in [0.2, 0.25) is 0 Å². The lowest BCUT2D eigenvalue weighted by atomic mass is 10.0. The minimum Gasteiger partial charge on any atom is -0.321 e. The van der Waals surface area contributed by atoms with Crippen molar-refractivity contribution in [3.63, 3.8) is 0 Å². The molecule has 0 aromatic carbocycles. The predicted molar refractivity (Wildman–Crippen MR) is 60.4 cm³/mol. The fourth-order valence-electron chi connectivity index (χ4n) is 3.27. The average Bonchev–Trinajstić information content (AvgIpc) is 2.57. The molecule has 2 heteroatoms. The van der Waals surface area contributed by atoms with Gasteiger partial charge in [0.25, 0.3) is 0 Å². The first-order chi connectivity index (χ1) is 6.73. The van der Waals surface area contributed by atoms with E-state index in [1.54, 1.807) is 0 Å². The number of hydrogen-bond acceptors (Lipinski definition) is 2. The summed E-state index contributed by atoms with van der Waals surface area (Å²) in [5.41, 5.74) is 8.02. The number of thiophene rings is 1. The Morgan fingerprint density at radius 2 is 2.00 bits per heavy atom. The third kappa shape index (κ3) is 1.04. The fraction of sp³-hybridized carbons (Fsp3) is 0.667. The van der Waals surface area contributed by atoms with E-state index in [9.17, 15) is 0 Å². The van der Waals surface area contributed by atoms with Crippen LogP contribution in [0.25, 0.3) is 0 Å². The van der Waals surface area contributed by atoms with Gasteiger partial charge in [-0.15, -0.1) is 11.3 Å². The molecule has 0 amide bonds. The summed E-state index contributed by atoms with van der Waals surface area (Å²) < 4.78 is 0. The van der Waals surface area contributed by atoms with Crippen molar-refractivity contribution in [3.8, 4) is 0 Å². The van der Waals surface area contributed by atoms with Gasteiger partial charge in [0.05, 0.1) is 0 Å². The van der Waals surface area contributed by atoms with Crippen molar-refractivity contribution in [3.05, 3.63) is 21.9 Å². The molecule has 0 radical (unpaired) electrons. The van der Waals surface area contributed by atoms with E-state index in [4.69, 9.17) is 5.73 Å². The molecule has 1 aromatic rings. The first-order valence-corrected chi connectivity index (χ1v) is 6.45. The van der Waals surface area contributed by atoms with Gasteiger partial charge in [0.15, 0.2) is 0 Å². The fourth-order valence-corrected chi connectivity index (χ4v) is 4.05. The summed E-state index contributed by atoms with van der Waals surface area (Å²) in [7, 11) is 0. The van der Waals surface area contributed by atoms with Gasteiger partial charge in [-0.25, -0.2) is 0 Å². The SMILES string of the molecule is Cc1cc(C2(N)C3CCCCC32)cs1. The highest BCUT2D eigenvalue weighted by Gasteiger charge is 2.62. The molecule has 0 aliphatic heterocycles. The molecule has 2 aliphatic rings. The number of hydrogen-bond donors (Lipinski definition) is 1. The van der Waals surface area contributed by atoms with Crippen molar-refractivity contribution in [2.45, 2.75) is 38.1 Å². The molecule has 2 unspecified atom stereocenters. The number of rotatable bonds is 1. The Morgan fingerprint density at radius 1 is 1.36 bits per heavy atom. The molecule has 2 atom stereocenters. The Morgan fingerprint density at radius 3 is 2.50 bits per heavy atom. The topological polar surface area (TPSA) is 26.0 Å². The molecule has 1 aromatic heterocycles. The molecule has 1 nitrogen and oxygen atoms in total. The molecule has 0 spiro atoms.